The highest BCUT2D eigenvalue weighted by Crippen LogP contribution is 2.26. The van der Waals surface area contributed by atoms with Crippen molar-refractivity contribution in [3.05, 3.63) is 54.2 Å². The number of aromatic amines is 1. The Kier molecular flexibility index (Phi) is 2.83. The van der Waals surface area contributed by atoms with Crippen molar-refractivity contribution in [2.24, 2.45) is 0 Å². The minimum absolute atomic E-state index is 0.154. The van der Waals surface area contributed by atoms with E-state index in [0.717, 1.165) is 22.2 Å². The first-order valence-corrected chi connectivity index (χ1v) is 6.21. The summed E-state index contributed by atoms with van der Waals surface area (Å²) in [5.74, 6) is 0.285. The van der Waals surface area contributed by atoms with Crippen molar-refractivity contribution in [3.63, 3.8) is 0 Å². The van der Waals surface area contributed by atoms with Gasteiger partial charge in [0.15, 0.2) is 0 Å². The van der Waals surface area contributed by atoms with E-state index >= 15 is 0 Å². The predicted molar refractivity (Wildman–Crippen MR) is 76.2 cm³/mol. The zero-order valence-electron chi connectivity index (χ0n) is 10.6. The quantitative estimate of drug-likeness (QED) is 0.670. The number of aromatic hydroxyl groups is 1. The van der Waals surface area contributed by atoms with Crippen molar-refractivity contribution in [2.45, 2.75) is 13.0 Å². The Morgan fingerprint density at radius 3 is 2.74 bits per heavy atom. The van der Waals surface area contributed by atoms with Gasteiger partial charge in [0.1, 0.15) is 5.75 Å². The molecule has 1 heterocycles. The number of H-pyrrole nitrogens is 1. The van der Waals surface area contributed by atoms with Crippen molar-refractivity contribution >= 4 is 16.6 Å². The van der Waals surface area contributed by atoms with E-state index in [1.807, 2.05) is 36.5 Å². The molecule has 4 heteroatoms. The van der Waals surface area contributed by atoms with Gasteiger partial charge in [-0.1, -0.05) is 18.2 Å². The van der Waals surface area contributed by atoms with E-state index in [4.69, 9.17) is 0 Å². The fraction of sp³-hybridized carbons (Fsp3) is 0.133. The molecule has 3 aromatic rings. The summed E-state index contributed by atoms with van der Waals surface area (Å²) >= 11 is 0. The van der Waals surface area contributed by atoms with Gasteiger partial charge >= 0.3 is 0 Å². The number of benzene rings is 2. The second-order valence-corrected chi connectivity index (χ2v) is 4.59. The maximum atomic E-state index is 9.31. The summed E-state index contributed by atoms with van der Waals surface area (Å²) in [7, 11) is 0. The Morgan fingerprint density at radius 1 is 1.16 bits per heavy atom. The molecule has 0 fully saturated rings. The summed E-state index contributed by atoms with van der Waals surface area (Å²) in [4.78, 5) is 0. The van der Waals surface area contributed by atoms with Gasteiger partial charge in [-0.15, -0.1) is 0 Å². The number of hydrogen-bond acceptors (Lipinski definition) is 3. The molecule has 1 atom stereocenters. The maximum absolute atomic E-state index is 9.31. The highest BCUT2D eigenvalue weighted by atomic mass is 16.3. The van der Waals surface area contributed by atoms with Crippen LogP contribution in [-0.4, -0.2) is 15.3 Å². The number of phenolic OH excluding ortho intramolecular Hbond substituents is 1. The number of aromatic nitrogens is 2. The summed E-state index contributed by atoms with van der Waals surface area (Å²) < 4.78 is 0. The highest BCUT2D eigenvalue weighted by Gasteiger charge is 2.08. The molecule has 96 valence electrons. The van der Waals surface area contributed by atoms with Crippen LogP contribution in [0.1, 0.15) is 18.5 Å². The van der Waals surface area contributed by atoms with Crippen LogP contribution in [-0.2, 0) is 0 Å². The highest BCUT2D eigenvalue weighted by molar-refractivity contribution is 5.90. The van der Waals surface area contributed by atoms with Crippen molar-refractivity contribution in [1.29, 1.82) is 0 Å². The van der Waals surface area contributed by atoms with Gasteiger partial charge in [-0.05, 0) is 36.8 Å². The number of phenols is 1. The van der Waals surface area contributed by atoms with Crippen LogP contribution in [0.15, 0.2) is 48.7 Å². The fourth-order valence-electron chi connectivity index (χ4n) is 2.17. The van der Waals surface area contributed by atoms with Crippen LogP contribution in [0.3, 0.4) is 0 Å². The molecule has 19 heavy (non-hydrogen) atoms. The summed E-state index contributed by atoms with van der Waals surface area (Å²) in [6.45, 7) is 2.09. The van der Waals surface area contributed by atoms with E-state index < -0.39 is 0 Å². The normalized spacial score (nSPS) is 12.5. The molecule has 0 aliphatic rings. The van der Waals surface area contributed by atoms with E-state index in [-0.39, 0.29) is 11.8 Å². The standard InChI is InChI=1S/C15H15N3O/c1-10(11-5-7-12(19)8-6-11)17-14-3-2-4-15-13(14)9-16-18-15/h2-10,17,19H,1H3,(H,16,18). The van der Waals surface area contributed by atoms with E-state index in [9.17, 15) is 5.11 Å². The second-order valence-electron chi connectivity index (χ2n) is 4.59. The summed E-state index contributed by atoms with van der Waals surface area (Å²) in [6, 6.07) is 13.4. The largest absolute Gasteiger partial charge is 0.508 e. The molecule has 0 saturated carbocycles. The smallest absolute Gasteiger partial charge is 0.115 e. The fourth-order valence-corrected chi connectivity index (χ4v) is 2.17. The third-order valence-electron chi connectivity index (χ3n) is 3.25. The third-order valence-corrected chi connectivity index (χ3v) is 3.25. The van der Waals surface area contributed by atoms with Crippen molar-refractivity contribution in [3.8, 4) is 5.75 Å². The van der Waals surface area contributed by atoms with Crippen molar-refractivity contribution < 1.29 is 5.11 Å². The van der Waals surface area contributed by atoms with E-state index in [1.54, 1.807) is 12.1 Å². The Labute approximate surface area is 111 Å². The first-order valence-electron chi connectivity index (χ1n) is 6.21. The molecule has 0 radical (unpaired) electrons. The van der Waals surface area contributed by atoms with Crippen LogP contribution in [0.4, 0.5) is 5.69 Å². The number of fused-ring (bicyclic) bond motifs is 1. The summed E-state index contributed by atoms with van der Waals surface area (Å²) in [5.41, 5.74) is 3.19. The molecule has 0 spiro atoms. The molecule has 3 N–H and O–H groups in total. The first kappa shape index (κ1) is 11.6. The molecule has 0 bridgehead atoms. The van der Waals surface area contributed by atoms with Gasteiger partial charge < -0.3 is 10.4 Å². The van der Waals surface area contributed by atoms with Gasteiger partial charge in [-0.2, -0.15) is 5.10 Å². The zero-order chi connectivity index (χ0) is 13.2. The van der Waals surface area contributed by atoms with E-state index in [0.29, 0.717) is 0 Å². The molecule has 0 saturated heterocycles. The lowest BCUT2D eigenvalue weighted by molar-refractivity contribution is 0.475. The van der Waals surface area contributed by atoms with Gasteiger partial charge in [-0.25, -0.2) is 0 Å². The van der Waals surface area contributed by atoms with Gasteiger partial charge in [-0.3, -0.25) is 5.10 Å². The minimum atomic E-state index is 0.154. The molecule has 1 aromatic heterocycles. The van der Waals surface area contributed by atoms with Crippen LogP contribution in [0.2, 0.25) is 0 Å². The van der Waals surface area contributed by atoms with Crippen LogP contribution < -0.4 is 5.32 Å². The van der Waals surface area contributed by atoms with Gasteiger partial charge in [0, 0.05) is 17.1 Å². The number of anilines is 1. The SMILES string of the molecule is CC(Nc1cccc2[nH]ncc12)c1ccc(O)cc1. The molecule has 0 amide bonds. The molecule has 0 aliphatic carbocycles. The lowest BCUT2D eigenvalue weighted by Gasteiger charge is -2.16. The maximum Gasteiger partial charge on any atom is 0.115 e. The third kappa shape index (κ3) is 2.25. The Balaban J connectivity index is 1.88. The Hall–Kier alpha value is -2.49. The first-order chi connectivity index (χ1) is 9.24. The lowest BCUT2D eigenvalue weighted by atomic mass is 10.1. The monoisotopic (exact) mass is 253 g/mol. The van der Waals surface area contributed by atoms with Gasteiger partial charge in [0.2, 0.25) is 0 Å². The molecular formula is C15H15N3O. The topological polar surface area (TPSA) is 60.9 Å². The number of nitrogens with zero attached hydrogens (tertiary/aromatic N) is 1. The van der Waals surface area contributed by atoms with Crippen LogP contribution in [0.25, 0.3) is 10.9 Å². The number of hydrogen-bond donors (Lipinski definition) is 3. The average Bonchev–Trinajstić information content (AvgIpc) is 2.89. The number of rotatable bonds is 3. The summed E-state index contributed by atoms with van der Waals surface area (Å²) in [5, 5.41) is 20.9. The van der Waals surface area contributed by atoms with E-state index in [1.165, 1.54) is 0 Å². The molecular weight excluding hydrogens is 238 g/mol. The number of nitrogens with one attached hydrogen (secondary N) is 2. The predicted octanol–water partition coefficient (Wildman–Crippen LogP) is 3.44. The molecule has 0 aliphatic heterocycles. The zero-order valence-corrected chi connectivity index (χ0v) is 10.6. The second kappa shape index (κ2) is 4.65. The van der Waals surface area contributed by atoms with Crippen molar-refractivity contribution in [2.75, 3.05) is 5.32 Å². The molecule has 2 aromatic carbocycles. The molecule has 4 nitrogen and oxygen atoms in total. The molecule has 1 unspecified atom stereocenters. The van der Waals surface area contributed by atoms with Crippen LogP contribution in [0.5, 0.6) is 5.75 Å². The Bertz CT molecular complexity index is 688. The minimum Gasteiger partial charge on any atom is -0.508 e. The summed E-state index contributed by atoms with van der Waals surface area (Å²) in [6.07, 6.45) is 1.82. The van der Waals surface area contributed by atoms with Crippen LogP contribution in [0, 0.1) is 0 Å². The Morgan fingerprint density at radius 2 is 1.95 bits per heavy atom. The van der Waals surface area contributed by atoms with E-state index in [2.05, 4.69) is 22.4 Å². The average molecular weight is 253 g/mol. The lowest BCUT2D eigenvalue weighted by Crippen LogP contribution is -2.06. The molecule has 3 rings (SSSR count). The van der Waals surface area contributed by atoms with Gasteiger partial charge in [0.25, 0.3) is 0 Å². The van der Waals surface area contributed by atoms with Gasteiger partial charge in [0.05, 0.1) is 11.7 Å². The van der Waals surface area contributed by atoms with Crippen LogP contribution >= 0.6 is 0 Å². The van der Waals surface area contributed by atoms with Crippen molar-refractivity contribution in [1.82, 2.24) is 10.2 Å².